The smallest absolute Gasteiger partial charge is 0.261 e. The van der Waals surface area contributed by atoms with Crippen LogP contribution in [0.4, 0.5) is 11.4 Å². The summed E-state index contributed by atoms with van der Waals surface area (Å²) in [5.74, 6) is -0.406. The first-order chi connectivity index (χ1) is 12.0. The van der Waals surface area contributed by atoms with Gasteiger partial charge in [0.15, 0.2) is 0 Å². The lowest BCUT2D eigenvalue weighted by atomic mass is 10.1. The third-order valence-electron chi connectivity index (χ3n) is 3.60. The highest BCUT2D eigenvalue weighted by atomic mass is 32.2. The van der Waals surface area contributed by atoms with E-state index in [4.69, 9.17) is 0 Å². The number of benzene rings is 3. The summed E-state index contributed by atoms with van der Waals surface area (Å²) in [7, 11) is -3.77. The van der Waals surface area contributed by atoms with E-state index < -0.39 is 15.9 Å². The first kappa shape index (κ1) is 16.7. The van der Waals surface area contributed by atoms with Gasteiger partial charge in [-0.25, -0.2) is 8.42 Å². The summed E-state index contributed by atoms with van der Waals surface area (Å²) < 4.78 is 27.8. The Morgan fingerprint density at radius 1 is 0.880 bits per heavy atom. The number of anilines is 2. The van der Waals surface area contributed by atoms with Crippen molar-refractivity contribution in [2.45, 2.75) is 4.90 Å². The number of amides is 1. The summed E-state index contributed by atoms with van der Waals surface area (Å²) in [6.45, 7) is 3.37. The van der Waals surface area contributed by atoms with Crippen molar-refractivity contribution in [3.63, 3.8) is 0 Å². The minimum atomic E-state index is -3.77. The van der Waals surface area contributed by atoms with E-state index in [1.165, 1.54) is 12.1 Å². The highest BCUT2D eigenvalue weighted by Gasteiger charge is 2.15. The van der Waals surface area contributed by atoms with Gasteiger partial charge in [-0.15, -0.1) is 0 Å². The topological polar surface area (TPSA) is 75.3 Å². The molecule has 0 aliphatic rings. The van der Waals surface area contributed by atoms with Gasteiger partial charge in [0.05, 0.1) is 4.90 Å². The van der Waals surface area contributed by atoms with Gasteiger partial charge >= 0.3 is 0 Å². The molecule has 0 unspecified atom stereocenters. The fraction of sp³-hybridized carbons (Fsp3) is 0. The summed E-state index contributed by atoms with van der Waals surface area (Å²) in [4.78, 5) is 11.4. The monoisotopic (exact) mass is 352 g/mol. The molecular formula is C19H16N2O3S. The van der Waals surface area contributed by atoms with Crippen molar-refractivity contribution in [2.75, 3.05) is 10.0 Å². The molecule has 6 heteroatoms. The van der Waals surface area contributed by atoms with Gasteiger partial charge in [0.2, 0.25) is 5.91 Å². The average molecular weight is 352 g/mol. The molecule has 0 saturated carbocycles. The molecule has 0 aromatic heterocycles. The molecule has 0 spiro atoms. The lowest BCUT2D eigenvalue weighted by Crippen LogP contribution is -2.14. The summed E-state index contributed by atoms with van der Waals surface area (Å²) in [5.41, 5.74) is 0.852. The number of rotatable bonds is 5. The van der Waals surface area contributed by atoms with Crippen molar-refractivity contribution in [3.05, 3.63) is 79.4 Å². The molecule has 0 bridgehead atoms. The van der Waals surface area contributed by atoms with Crippen LogP contribution in [0.3, 0.4) is 0 Å². The van der Waals surface area contributed by atoms with Crippen LogP contribution in [0.15, 0.2) is 84.3 Å². The second-order valence-corrected chi connectivity index (χ2v) is 7.07. The van der Waals surface area contributed by atoms with Gasteiger partial charge in [0.1, 0.15) is 0 Å². The van der Waals surface area contributed by atoms with Gasteiger partial charge in [-0.1, -0.05) is 43.0 Å². The van der Waals surface area contributed by atoms with Crippen LogP contribution in [0.1, 0.15) is 0 Å². The van der Waals surface area contributed by atoms with E-state index in [1.807, 2.05) is 30.3 Å². The number of sulfonamides is 1. The van der Waals surface area contributed by atoms with E-state index >= 15 is 0 Å². The number of hydrogen-bond acceptors (Lipinski definition) is 3. The lowest BCUT2D eigenvalue weighted by molar-refractivity contribution is -0.111. The van der Waals surface area contributed by atoms with Crippen LogP contribution in [-0.4, -0.2) is 14.3 Å². The number of fused-ring (bicyclic) bond motifs is 1. The van der Waals surface area contributed by atoms with E-state index in [0.29, 0.717) is 11.4 Å². The number of nitrogens with one attached hydrogen (secondary N) is 2. The molecule has 0 aliphatic heterocycles. The quantitative estimate of drug-likeness (QED) is 0.687. The van der Waals surface area contributed by atoms with Gasteiger partial charge in [0, 0.05) is 11.4 Å². The normalized spacial score (nSPS) is 11.0. The summed E-state index contributed by atoms with van der Waals surface area (Å²) in [6.07, 6.45) is 1.12. The SMILES string of the molecule is C=CC(=O)Nc1cccc(S(=O)(=O)Nc2ccc3ccccc3c2)c1. The maximum Gasteiger partial charge on any atom is 0.261 e. The number of hydrogen-bond donors (Lipinski definition) is 2. The Morgan fingerprint density at radius 2 is 1.64 bits per heavy atom. The van der Waals surface area contributed by atoms with E-state index in [1.54, 1.807) is 24.3 Å². The predicted molar refractivity (Wildman–Crippen MR) is 100 cm³/mol. The first-order valence-electron chi connectivity index (χ1n) is 7.53. The molecule has 0 fully saturated rings. The van der Waals surface area contributed by atoms with Gasteiger partial charge in [-0.2, -0.15) is 0 Å². The lowest BCUT2D eigenvalue weighted by Gasteiger charge is -2.10. The highest BCUT2D eigenvalue weighted by Crippen LogP contribution is 2.23. The van der Waals surface area contributed by atoms with Gasteiger partial charge in [-0.05, 0) is 47.2 Å². The molecule has 2 N–H and O–H groups in total. The Morgan fingerprint density at radius 3 is 2.40 bits per heavy atom. The molecule has 3 rings (SSSR count). The van der Waals surface area contributed by atoms with Crippen LogP contribution < -0.4 is 10.0 Å². The van der Waals surface area contributed by atoms with E-state index in [2.05, 4.69) is 16.6 Å². The van der Waals surface area contributed by atoms with Crippen LogP contribution >= 0.6 is 0 Å². The largest absolute Gasteiger partial charge is 0.322 e. The standard InChI is InChI=1S/C19H16N2O3S/c1-2-19(22)20-16-8-5-9-18(13-16)25(23,24)21-17-11-10-14-6-3-4-7-15(14)12-17/h2-13,21H,1H2,(H,20,22). The van der Waals surface area contributed by atoms with Crippen molar-refractivity contribution >= 4 is 38.1 Å². The van der Waals surface area contributed by atoms with Crippen molar-refractivity contribution in [2.24, 2.45) is 0 Å². The first-order valence-corrected chi connectivity index (χ1v) is 9.01. The van der Waals surface area contributed by atoms with Crippen molar-refractivity contribution in [1.82, 2.24) is 0 Å². The van der Waals surface area contributed by atoms with Crippen molar-refractivity contribution in [3.8, 4) is 0 Å². The molecule has 3 aromatic carbocycles. The Balaban J connectivity index is 1.89. The zero-order valence-electron chi connectivity index (χ0n) is 13.3. The molecular weight excluding hydrogens is 336 g/mol. The molecule has 0 heterocycles. The van der Waals surface area contributed by atoms with Crippen LogP contribution in [-0.2, 0) is 14.8 Å². The van der Waals surface area contributed by atoms with Crippen molar-refractivity contribution < 1.29 is 13.2 Å². The Kier molecular flexibility index (Phi) is 4.54. The van der Waals surface area contributed by atoms with Crippen LogP contribution in [0.5, 0.6) is 0 Å². The maximum absolute atomic E-state index is 12.6. The second kappa shape index (κ2) is 6.78. The number of carbonyl (C=O) groups excluding carboxylic acids is 1. The van der Waals surface area contributed by atoms with Crippen LogP contribution in [0.25, 0.3) is 10.8 Å². The molecule has 126 valence electrons. The molecule has 0 atom stereocenters. The molecule has 0 saturated heterocycles. The van der Waals surface area contributed by atoms with Gasteiger partial charge in [-0.3, -0.25) is 9.52 Å². The summed E-state index contributed by atoms with van der Waals surface area (Å²) in [6, 6.07) is 19.1. The Bertz CT molecular complexity index is 1060. The number of carbonyl (C=O) groups is 1. The maximum atomic E-state index is 12.6. The van der Waals surface area contributed by atoms with Gasteiger partial charge < -0.3 is 5.32 Å². The van der Waals surface area contributed by atoms with E-state index in [-0.39, 0.29) is 4.90 Å². The van der Waals surface area contributed by atoms with E-state index in [9.17, 15) is 13.2 Å². The molecule has 0 radical (unpaired) electrons. The fourth-order valence-electron chi connectivity index (χ4n) is 2.40. The predicted octanol–water partition coefficient (Wildman–Crippen LogP) is 3.77. The Hall–Kier alpha value is -3.12. The zero-order valence-corrected chi connectivity index (χ0v) is 14.1. The van der Waals surface area contributed by atoms with Gasteiger partial charge in [0.25, 0.3) is 10.0 Å². The minimum Gasteiger partial charge on any atom is -0.322 e. The van der Waals surface area contributed by atoms with Crippen LogP contribution in [0.2, 0.25) is 0 Å². The fourth-order valence-corrected chi connectivity index (χ4v) is 3.50. The zero-order chi connectivity index (χ0) is 17.9. The van der Waals surface area contributed by atoms with Crippen molar-refractivity contribution in [1.29, 1.82) is 0 Å². The summed E-state index contributed by atoms with van der Waals surface area (Å²) in [5, 5.41) is 4.51. The second-order valence-electron chi connectivity index (χ2n) is 5.39. The molecule has 5 nitrogen and oxygen atoms in total. The summed E-state index contributed by atoms with van der Waals surface area (Å²) >= 11 is 0. The Labute approximate surface area is 146 Å². The third-order valence-corrected chi connectivity index (χ3v) is 4.98. The molecule has 1 amide bonds. The highest BCUT2D eigenvalue weighted by molar-refractivity contribution is 7.92. The minimum absolute atomic E-state index is 0.0579. The molecule has 25 heavy (non-hydrogen) atoms. The molecule has 0 aliphatic carbocycles. The third kappa shape index (κ3) is 3.87. The van der Waals surface area contributed by atoms with Crippen LogP contribution in [0, 0.1) is 0 Å². The molecule has 3 aromatic rings. The van der Waals surface area contributed by atoms with E-state index in [0.717, 1.165) is 16.8 Å². The average Bonchev–Trinajstić information content (AvgIpc) is 2.61.